The summed E-state index contributed by atoms with van der Waals surface area (Å²) in [6.07, 6.45) is 7.95. The Hall–Kier alpha value is -2.54. The standard InChI is InChI=1S/C18H21FN6/c1-2-11-7-23-18(24-13-4-3-5-20-9-13)25-16(11)15-10-22-17-14(15)6-12(19)8-21-17/h6-8,10,13,20H,2-5,9H2,1H3,(H,21,22)(H,23,24,25)/t13-/m0/s1. The molecule has 0 saturated carbocycles. The Labute approximate surface area is 145 Å². The van der Waals surface area contributed by atoms with E-state index in [2.05, 4.69) is 32.5 Å². The molecule has 7 heteroatoms. The van der Waals surface area contributed by atoms with Crippen LogP contribution in [0.4, 0.5) is 10.3 Å². The van der Waals surface area contributed by atoms with E-state index >= 15 is 0 Å². The molecule has 0 amide bonds. The lowest BCUT2D eigenvalue weighted by Gasteiger charge is -2.24. The van der Waals surface area contributed by atoms with Gasteiger partial charge >= 0.3 is 0 Å². The van der Waals surface area contributed by atoms with E-state index in [0.717, 1.165) is 54.6 Å². The summed E-state index contributed by atoms with van der Waals surface area (Å²) in [4.78, 5) is 16.4. The first kappa shape index (κ1) is 16.0. The quantitative estimate of drug-likeness (QED) is 0.681. The van der Waals surface area contributed by atoms with Crippen molar-refractivity contribution in [3.8, 4) is 11.3 Å². The largest absolute Gasteiger partial charge is 0.350 e. The minimum Gasteiger partial charge on any atom is -0.350 e. The average Bonchev–Trinajstić information content (AvgIpc) is 3.05. The van der Waals surface area contributed by atoms with E-state index in [0.29, 0.717) is 17.6 Å². The van der Waals surface area contributed by atoms with Crippen molar-refractivity contribution in [2.45, 2.75) is 32.2 Å². The zero-order chi connectivity index (χ0) is 17.2. The summed E-state index contributed by atoms with van der Waals surface area (Å²) in [5, 5.41) is 7.52. The molecule has 1 fully saturated rings. The molecule has 1 atom stereocenters. The number of piperidine rings is 1. The molecule has 0 bridgehead atoms. The zero-order valence-corrected chi connectivity index (χ0v) is 14.1. The molecule has 1 saturated heterocycles. The molecule has 3 aromatic heterocycles. The first-order chi connectivity index (χ1) is 12.2. The molecule has 0 aromatic carbocycles. The van der Waals surface area contributed by atoms with Crippen molar-refractivity contribution in [2.24, 2.45) is 0 Å². The van der Waals surface area contributed by atoms with Crippen LogP contribution in [-0.2, 0) is 6.42 Å². The van der Waals surface area contributed by atoms with Gasteiger partial charge in [0.25, 0.3) is 0 Å². The molecular weight excluding hydrogens is 319 g/mol. The third-order valence-corrected chi connectivity index (χ3v) is 4.63. The van der Waals surface area contributed by atoms with Crippen molar-refractivity contribution in [2.75, 3.05) is 18.4 Å². The number of hydrogen-bond acceptors (Lipinski definition) is 5. The average molecular weight is 340 g/mol. The van der Waals surface area contributed by atoms with Crippen LogP contribution < -0.4 is 10.6 Å². The van der Waals surface area contributed by atoms with E-state index in [1.165, 1.54) is 12.3 Å². The second-order valence-electron chi connectivity index (χ2n) is 6.36. The number of fused-ring (bicyclic) bond motifs is 1. The SMILES string of the molecule is CCc1cnc(N[C@H]2CCCNC2)nc1-c1c[nH]c2ncc(F)cc12. The third kappa shape index (κ3) is 3.19. The lowest BCUT2D eigenvalue weighted by atomic mass is 10.1. The second-order valence-corrected chi connectivity index (χ2v) is 6.36. The van der Waals surface area contributed by atoms with Gasteiger partial charge in [0.2, 0.25) is 5.95 Å². The van der Waals surface area contributed by atoms with Crippen molar-refractivity contribution in [3.05, 3.63) is 36.0 Å². The highest BCUT2D eigenvalue weighted by atomic mass is 19.1. The number of aromatic nitrogens is 4. The van der Waals surface area contributed by atoms with Gasteiger partial charge in [-0.2, -0.15) is 0 Å². The number of halogens is 1. The fourth-order valence-electron chi connectivity index (χ4n) is 3.30. The van der Waals surface area contributed by atoms with Gasteiger partial charge in [-0.05, 0) is 37.4 Å². The van der Waals surface area contributed by atoms with E-state index < -0.39 is 0 Å². The Balaban J connectivity index is 1.73. The monoisotopic (exact) mass is 340 g/mol. The summed E-state index contributed by atoms with van der Waals surface area (Å²) < 4.78 is 13.7. The highest BCUT2D eigenvalue weighted by molar-refractivity contribution is 5.93. The number of hydrogen-bond donors (Lipinski definition) is 3. The normalized spacial score (nSPS) is 17.8. The van der Waals surface area contributed by atoms with E-state index in [4.69, 9.17) is 4.98 Å². The number of aryl methyl sites for hydroxylation is 1. The second kappa shape index (κ2) is 6.76. The van der Waals surface area contributed by atoms with Gasteiger partial charge in [-0.25, -0.2) is 19.3 Å². The molecule has 0 radical (unpaired) electrons. The van der Waals surface area contributed by atoms with Gasteiger partial charge in [-0.1, -0.05) is 6.92 Å². The predicted molar refractivity (Wildman–Crippen MR) is 96.0 cm³/mol. The summed E-state index contributed by atoms with van der Waals surface area (Å²) in [6.45, 7) is 4.04. The van der Waals surface area contributed by atoms with Gasteiger partial charge in [0.05, 0.1) is 11.9 Å². The Kier molecular flexibility index (Phi) is 4.31. The number of anilines is 1. The van der Waals surface area contributed by atoms with Crippen molar-refractivity contribution < 1.29 is 4.39 Å². The topological polar surface area (TPSA) is 78.5 Å². The summed E-state index contributed by atoms with van der Waals surface area (Å²) in [5.74, 6) is 0.256. The maximum atomic E-state index is 13.7. The number of H-pyrrole nitrogens is 1. The Bertz CT molecular complexity index is 884. The molecule has 6 nitrogen and oxygen atoms in total. The van der Waals surface area contributed by atoms with E-state index in [1.54, 1.807) is 0 Å². The highest BCUT2D eigenvalue weighted by Gasteiger charge is 2.17. The third-order valence-electron chi connectivity index (χ3n) is 4.63. The first-order valence-corrected chi connectivity index (χ1v) is 8.70. The minimum absolute atomic E-state index is 0.330. The molecule has 0 unspecified atom stereocenters. The smallest absolute Gasteiger partial charge is 0.223 e. The van der Waals surface area contributed by atoms with Crippen molar-refractivity contribution in [1.82, 2.24) is 25.3 Å². The van der Waals surface area contributed by atoms with Crippen LogP contribution in [0.25, 0.3) is 22.3 Å². The number of pyridine rings is 1. The van der Waals surface area contributed by atoms with Gasteiger partial charge in [-0.15, -0.1) is 0 Å². The molecule has 4 heterocycles. The number of aromatic amines is 1. The summed E-state index contributed by atoms with van der Waals surface area (Å²) in [6, 6.07) is 1.82. The number of rotatable bonds is 4. The molecule has 1 aliphatic heterocycles. The van der Waals surface area contributed by atoms with Crippen molar-refractivity contribution in [3.63, 3.8) is 0 Å². The number of nitrogens with zero attached hydrogens (tertiary/aromatic N) is 3. The van der Waals surface area contributed by atoms with Crippen molar-refractivity contribution >= 4 is 17.0 Å². The molecule has 0 spiro atoms. The molecule has 4 rings (SSSR count). The van der Waals surface area contributed by atoms with Gasteiger partial charge in [0.1, 0.15) is 11.5 Å². The molecule has 3 aromatic rings. The van der Waals surface area contributed by atoms with Crippen LogP contribution in [0.2, 0.25) is 0 Å². The van der Waals surface area contributed by atoms with Crippen LogP contribution in [0.5, 0.6) is 0 Å². The Morgan fingerprint density at radius 3 is 3.04 bits per heavy atom. The molecule has 130 valence electrons. The minimum atomic E-state index is -0.355. The summed E-state index contributed by atoms with van der Waals surface area (Å²) in [7, 11) is 0. The van der Waals surface area contributed by atoms with Crippen LogP contribution in [0.1, 0.15) is 25.3 Å². The summed E-state index contributed by atoms with van der Waals surface area (Å²) in [5.41, 5.74) is 3.36. The zero-order valence-electron chi connectivity index (χ0n) is 14.1. The maximum absolute atomic E-state index is 13.7. The fourth-order valence-corrected chi connectivity index (χ4v) is 3.30. The van der Waals surface area contributed by atoms with Crippen LogP contribution in [0.15, 0.2) is 24.7 Å². The lowest BCUT2D eigenvalue weighted by Crippen LogP contribution is -2.38. The highest BCUT2D eigenvalue weighted by Crippen LogP contribution is 2.30. The molecular formula is C18H21FN6. The van der Waals surface area contributed by atoms with Gasteiger partial charge in [-0.3, -0.25) is 0 Å². The van der Waals surface area contributed by atoms with Crippen LogP contribution in [0, 0.1) is 5.82 Å². The molecule has 1 aliphatic rings. The maximum Gasteiger partial charge on any atom is 0.223 e. The Morgan fingerprint density at radius 2 is 2.24 bits per heavy atom. The molecule has 3 N–H and O–H groups in total. The summed E-state index contributed by atoms with van der Waals surface area (Å²) >= 11 is 0. The van der Waals surface area contributed by atoms with Crippen LogP contribution >= 0.6 is 0 Å². The molecule has 25 heavy (non-hydrogen) atoms. The van der Waals surface area contributed by atoms with Gasteiger partial charge < -0.3 is 15.6 Å². The first-order valence-electron chi connectivity index (χ1n) is 8.70. The predicted octanol–water partition coefficient (Wildman–Crippen LogP) is 2.89. The van der Waals surface area contributed by atoms with Crippen molar-refractivity contribution in [1.29, 1.82) is 0 Å². The van der Waals surface area contributed by atoms with Crippen LogP contribution in [0.3, 0.4) is 0 Å². The van der Waals surface area contributed by atoms with Gasteiger partial charge in [0, 0.05) is 35.9 Å². The fraction of sp³-hybridized carbons (Fsp3) is 0.389. The van der Waals surface area contributed by atoms with Gasteiger partial charge in [0.15, 0.2) is 0 Å². The van der Waals surface area contributed by atoms with Crippen LogP contribution in [-0.4, -0.2) is 39.1 Å². The Morgan fingerprint density at radius 1 is 1.32 bits per heavy atom. The number of nitrogens with one attached hydrogen (secondary N) is 3. The molecule has 0 aliphatic carbocycles. The lowest BCUT2D eigenvalue weighted by molar-refractivity contribution is 0.478. The van der Waals surface area contributed by atoms with E-state index in [-0.39, 0.29) is 5.82 Å². The van der Waals surface area contributed by atoms with E-state index in [1.807, 2.05) is 12.4 Å². The van der Waals surface area contributed by atoms with E-state index in [9.17, 15) is 4.39 Å².